The minimum atomic E-state index is -2.97. The number of aliphatic hydroxyl groups is 4. The zero-order valence-corrected chi connectivity index (χ0v) is 21.8. The highest BCUT2D eigenvalue weighted by atomic mass is 16.5. The molecule has 2 aromatic carbocycles. The van der Waals surface area contributed by atoms with E-state index >= 15 is 0 Å². The summed E-state index contributed by atoms with van der Waals surface area (Å²) in [5.74, 6) is -9.53. The molecular formula is C29H30N2O9. The molecule has 7 N–H and O–H groups in total. The number of phenolic OH excluding ortho intramolecular Hbond substituents is 1. The number of nitrogens with two attached hydrogens (primary N) is 1. The number of hydrogen-bond donors (Lipinski definition) is 6. The normalized spacial score (nSPS) is 29.8. The Hall–Kier alpha value is -4.03. The number of primary amides is 1. The van der Waals surface area contributed by atoms with Gasteiger partial charge in [0.05, 0.1) is 36.8 Å². The van der Waals surface area contributed by atoms with Gasteiger partial charge in [-0.25, -0.2) is 0 Å². The van der Waals surface area contributed by atoms with Crippen LogP contribution in [0.15, 0.2) is 65.4 Å². The molecule has 40 heavy (non-hydrogen) atoms. The molecule has 1 unspecified atom stereocenters. The maximum absolute atomic E-state index is 14.1. The second-order valence-electron chi connectivity index (χ2n) is 10.6. The van der Waals surface area contributed by atoms with Gasteiger partial charge in [-0.05, 0) is 31.3 Å². The first-order chi connectivity index (χ1) is 18.9. The van der Waals surface area contributed by atoms with Gasteiger partial charge in [-0.3, -0.25) is 19.3 Å². The van der Waals surface area contributed by atoms with E-state index in [4.69, 9.17) is 10.5 Å². The quantitative estimate of drug-likeness (QED) is 0.279. The SMILES string of the molecule is CN(C)[C@@H]1C(=O)C(C(N)=O)=C(O)[C@@]2(O)C(=O)C3=C(O)c4c(O)cccc4C(COCc4ccccc4)[C@H]3[C@H](O)[C@@H]12. The first kappa shape index (κ1) is 27.5. The van der Waals surface area contributed by atoms with Crippen molar-refractivity contribution in [1.82, 2.24) is 4.90 Å². The molecule has 3 aliphatic carbocycles. The molecule has 1 saturated carbocycles. The van der Waals surface area contributed by atoms with Crippen LogP contribution in [0, 0.1) is 11.8 Å². The van der Waals surface area contributed by atoms with Crippen LogP contribution in [0.5, 0.6) is 5.75 Å². The zero-order valence-electron chi connectivity index (χ0n) is 21.8. The average molecular weight is 551 g/mol. The minimum absolute atomic E-state index is 0.0722. The number of amides is 1. The summed E-state index contributed by atoms with van der Waals surface area (Å²) in [7, 11) is 2.91. The smallest absolute Gasteiger partial charge is 0.255 e. The van der Waals surface area contributed by atoms with Gasteiger partial charge in [-0.2, -0.15) is 0 Å². The minimum Gasteiger partial charge on any atom is -0.508 e. The highest BCUT2D eigenvalue weighted by Crippen LogP contribution is 2.56. The summed E-state index contributed by atoms with van der Waals surface area (Å²) >= 11 is 0. The maximum atomic E-state index is 14.1. The molecule has 2 aromatic rings. The number of ketones is 2. The summed E-state index contributed by atoms with van der Waals surface area (Å²) in [5, 5.41) is 56.6. The van der Waals surface area contributed by atoms with Gasteiger partial charge in [0.2, 0.25) is 5.78 Å². The molecule has 1 fully saturated rings. The number of hydrogen-bond acceptors (Lipinski definition) is 10. The van der Waals surface area contributed by atoms with Gasteiger partial charge in [0.15, 0.2) is 11.4 Å². The lowest BCUT2D eigenvalue weighted by Gasteiger charge is -2.54. The predicted octanol–water partition coefficient (Wildman–Crippen LogP) is 0.693. The number of carbonyl (C=O) groups excluding carboxylic acids is 3. The van der Waals surface area contributed by atoms with Gasteiger partial charge in [-0.15, -0.1) is 0 Å². The van der Waals surface area contributed by atoms with Crippen LogP contribution in [0.3, 0.4) is 0 Å². The summed E-state index contributed by atoms with van der Waals surface area (Å²) in [6.07, 6.45) is -1.70. The van der Waals surface area contributed by atoms with Crippen molar-refractivity contribution in [2.45, 2.75) is 30.3 Å². The third-order valence-electron chi connectivity index (χ3n) is 8.21. The monoisotopic (exact) mass is 550 g/mol. The van der Waals surface area contributed by atoms with Gasteiger partial charge in [0, 0.05) is 17.4 Å². The van der Waals surface area contributed by atoms with Crippen molar-refractivity contribution in [2.24, 2.45) is 17.6 Å². The molecule has 11 nitrogen and oxygen atoms in total. The molecule has 0 aromatic heterocycles. The fourth-order valence-electron chi connectivity index (χ4n) is 6.47. The molecule has 0 spiro atoms. The van der Waals surface area contributed by atoms with Crippen molar-refractivity contribution >= 4 is 23.2 Å². The molecule has 210 valence electrons. The van der Waals surface area contributed by atoms with Crippen LogP contribution >= 0.6 is 0 Å². The average Bonchev–Trinajstić information content (AvgIpc) is 2.90. The van der Waals surface area contributed by atoms with E-state index in [1.807, 2.05) is 30.3 Å². The number of aliphatic hydroxyl groups excluding tert-OH is 3. The van der Waals surface area contributed by atoms with E-state index in [1.54, 1.807) is 12.1 Å². The second kappa shape index (κ2) is 9.86. The molecular weight excluding hydrogens is 520 g/mol. The number of aromatic hydroxyl groups is 1. The second-order valence-corrected chi connectivity index (χ2v) is 10.6. The van der Waals surface area contributed by atoms with Crippen LogP contribution in [0.25, 0.3) is 5.76 Å². The number of ether oxygens (including phenoxy) is 1. The Labute approximate surface area is 229 Å². The van der Waals surface area contributed by atoms with Gasteiger partial charge >= 0.3 is 0 Å². The molecule has 0 heterocycles. The summed E-state index contributed by atoms with van der Waals surface area (Å²) < 4.78 is 5.98. The summed E-state index contributed by atoms with van der Waals surface area (Å²) in [4.78, 5) is 40.9. The van der Waals surface area contributed by atoms with Crippen molar-refractivity contribution < 1.29 is 44.7 Å². The predicted molar refractivity (Wildman–Crippen MR) is 141 cm³/mol. The van der Waals surface area contributed by atoms with Crippen LogP contribution in [0.1, 0.15) is 22.6 Å². The Morgan fingerprint density at radius 2 is 1.73 bits per heavy atom. The lowest BCUT2D eigenvalue weighted by molar-refractivity contribution is -0.170. The Balaban J connectivity index is 1.69. The highest BCUT2D eigenvalue weighted by molar-refractivity contribution is 6.24. The molecule has 3 aliphatic rings. The number of benzene rings is 2. The van der Waals surface area contributed by atoms with Crippen molar-refractivity contribution in [3.8, 4) is 5.75 Å². The molecule has 5 rings (SSSR count). The van der Waals surface area contributed by atoms with E-state index in [2.05, 4.69) is 0 Å². The Kier molecular flexibility index (Phi) is 6.79. The third kappa shape index (κ3) is 3.85. The number of phenols is 1. The molecule has 1 amide bonds. The molecule has 6 atom stereocenters. The number of nitrogens with zero attached hydrogens (tertiary/aromatic N) is 1. The number of fused-ring (bicyclic) bond motifs is 3. The maximum Gasteiger partial charge on any atom is 0.255 e. The fraction of sp³-hybridized carbons (Fsp3) is 0.345. The van der Waals surface area contributed by atoms with Crippen molar-refractivity contribution in [2.75, 3.05) is 20.7 Å². The summed E-state index contributed by atoms with van der Waals surface area (Å²) in [6, 6.07) is 12.3. The number of likely N-dealkylation sites (N-methyl/N-ethyl adjacent to an activating group) is 1. The molecule has 11 heteroatoms. The van der Waals surface area contributed by atoms with Gasteiger partial charge in [-0.1, -0.05) is 42.5 Å². The third-order valence-corrected chi connectivity index (χ3v) is 8.21. The fourth-order valence-corrected chi connectivity index (χ4v) is 6.47. The molecule has 0 saturated heterocycles. The van der Waals surface area contributed by atoms with E-state index in [0.717, 1.165) is 5.56 Å². The Morgan fingerprint density at radius 1 is 1.05 bits per heavy atom. The van der Waals surface area contributed by atoms with Crippen molar-refractivity contribution in [3.63, 3.8) is 0 Å². The lowest BCUT2D eigenvalue weighted by atomic mass is 9.54. The van der Waals surface area contributed by atoms with Crippen LogP contribution in [0.2, 0.25) is 0 Å². The number of rotatable bonds is 6. The lowest BCUT2D eigenvalue weighted by Crippen LogP contribution is -2.70. The van der Waals surface area contributed by atoms with E-state index in [1.165, 1.54) is 25.1 Å². The molecule has 0 bridgehead atoms. The topological polar surface area (TPSA) is 191 Å². The molecule has 0 aliphatic heterocycles. The van der Waals surface area contributed by atoms with Crippen molar-refractivity contribution in [1.29, 1.82) is 0 Å². The number of Topliss-reactive ketones (excluding diaryl/α,β-unsaturated/α-hetero) is 2. The first-order valence-corrected chi connectivity index (χ1v) is 12.7. The van der Waals surface area contributed by atoms with E-state index in [-0.39, 0.29) is 24.5 Å². The first-order valence-electron chi connectivity index (χ1n) is 12.7. The van der Waals surface area contributed by atoms with Gasteiger partial charge in [0.25, 0.3) is 5.91 Å². The highest BCUT2D eigenvalue weighted by Gasteiger charge is 2.68. The Morgan fingerprint density at radius 3 is 2.35 bits per heavy atom. The van der Waals surface area contributed by atoms with E-state index < -0.39 is 75.6 Å². The van der Waals surface area contributed by atoms with Crippen LogP contribution in [-0.2, 0) is 25.7 Å². The van der Waals surface area contributed by atoms with Gasteiger partial charge in [0.1, 0.15) is 22.8 Å². The van der Waals surface area contributed by atoms with E-state index in [9.17, 15) is 39.9 Å². The van der Waals surface area contributed by atoms with Crippen LogP contribution in [0.4, 0.5) is 0 Å². The summed E-state index contributed by atoms with van der Waals surface area (Å²) in [5.41, 5.74) is 2.12. The van der Waals surface area contributed by atoms with Crippen molar-refractivity contribution in [3.05, 3.63) is 82.1 Å². The largest absolute Gasteiger partial charge is 0.508 e. The summed E-state index contributed by atoms with van der Waals surface area (Å²) in [6.45, 7) is 0.113. The standard InChI is InChI=1S/C29H30N2O9/c1-31(2)22-21-24(34)18-15(12-40-11-13-7-4-3-5-8-13)14-9-6-10-16(32)17(14)23(33)19(18)26(36)29(21,39)27(37)20(25(22)35)28(30)38/h3-10,15,18,21-22,24,32-34,37,39H,11-12H2,1-2H3,(H2,30,38)/t15?,18-,21-,22+,24+,29+/m1/s1. The van der Waals surface area contributed by atoms with E-state index in [0.29, 0.717) is 5.56 Å². The van der Waals surface area contributed by atoms with Crippen LogP contribution < -0.4 is 5.73 Å². The van der Waals surface area contributed by atoms with Crippen LogP contribution in [-0.4, -0.2) is 86.4 Å². The molecule has 0 radical (unpaired) electrons. The zero-order chi connectivity index (χ0) is 29.1. The van der Waals surface area contributed by atoms with Gasteiger partial charge < -0.3 is 36.0 Å². The Bertz CT molecular complexity index is 1470. The number of carbonyl (C=O) groups is 3.